The summed E-state index contributed by atoms with van der Waals surface area (Å²) in [6.07, 6.45) is 2.28. The molecule has 1 fully saturated rings. The van der Waals surface area contributed by atoms with Crippen molar-refractivity contribution in [1.82, 2.24) is 0 Å². The van der Waals surface area contributed by atoms with Crippen LogP contribution in [0.3, 0.4) is 0 Å². The summed E-state index contributed by atoms with van der Waals surface area (Å²) < 4.78 is 14.0. The van der Waals surface area contributed by atoms with E-state index >= 15 is 0 Å². The topological polar surface area (TPSA) is 34.3 Å². The van der Waals surface area contributed by atoms with E-state index in [1.807, 2.05) is 0 Å². The molecule has 1 saturated heterocycles. The maximum Gasteiger partial charge on any atom is 0.539 e. The van der Waals surface area contributed by atoms with Crippen LogP contribution in [-0.2, 0) is 13.6 Å². The highest BCUT2D eigenvalue weighted by atomic mass is 28.3. The Kier molecular flexibility index (Phi) is 2.48. The van der Waals surface area contributed by atoms with Gasteiger partial charge in [0, 0.05) is 6.61 Å². The highest BCUT2D eigenvalue weighted by molar-refractivity contribution is 6.41. The monoisotopic (exact) mass is 134 g/mol. The van der Waals surface area contributed by atoms with Crippen molar-refractivity contribution in [1.29, 1.82) is 0 Å². The molecule has 8 heavy (non-hydrogen) atoms. The van der Waals surface area contributed by atoms with Gasteiger partial charge in [-0.05, 0) is 6.42 Å². The zero-order valence-corrected chi connectivity index (χ0v) is 6.08. The summed E-state index contributed by atoms with van der Waals surface area (Å²) in [7, 11) is -1.45. The fourth-order valence-corrected chi connectivity index (χ4v) is 1.05. The number of rotatable bonds is 4. The summed E-state index contributed by atoms with van der Waals surface area (Å²) in [5.74, 6) is 0. The molecule has 0 bridgehead atoms. The fraction of sp³-hybridized carbons (Fsp3) is 1.00. The molecular weight excluding hydrogens is 124 g/mol. The zero-order chi connectivity index (χ0) is 5.82. The summed E-state index contributed by atoms with van der Waals surface area (Å²) in [4.78, 5) is 0. The van der Waals surface area contributed by atoms with Crippen molar-refractivity contribution in [2.75, 3.05) is 6.61 Å². The SMILES string of the molecule is CCCCO[SiH]1OO1. The number of unbranched alkanes of at least 4 members (excludes halogenated alkanes) is 1. The van der Waals surface area contributed by atoms with Gasteiger partial charge >= 0.3 is 9.53 Å². The fourth-order valence-electron chi connectivity index (χ4n) is 0.402. The van der Waals surface area contributed by atoms with E-state index in [0.29, 0.717) is 0 Å². The van der Waals surface area contributed by atoms with Gasteiger partial charge in [-0.25, -0.2) is 9.15 Å². The van der Waals surface area contributed by atoms with Crippen LogP contribution in [-0.4, -0.2) is 16.1 Å². The van der Waals surface area contributed by atoms with Crippen molar-refractivity contribution in [3.8, 4) is 0 Å². The normalized spacial score (nSPS) is 19.1. The lowest BCUT2D eigenvalue weighted by molar-refractivity contribution is 0.0850. The Morgan fingerprint density at radius 3 is 2.75 bits per heavy atom. The predicted octanol–water partition coefficient (Wildman–Crippen LogP) is 0.482. The minimum absolute atomic E-state index is 0.799. The first-order valence-corrected chi connectivity index (χ1v) is 4.28. The minimum atomic E-state index is -1.45. The molecule has 1 aliphatic rings. The van der Waals surface area contributed by atoms with Crippen LogP contribution in [0.5, 0.6) is 0 Å². The second-order valence-electron chi connectivity index (χ2n) is 1.71. The molecule has 3 nitrogen and oxygen atoms in total. The Hall–Kier alpha value is 0.0969. The molecule has 0 saturated carbocycles. The highest BCUT2D eigenvalue weighted by Crippen LogP contribution is 2.07. The van der Waals surface area contributed by atoms with Gasteiger partial charge in [-0.15, -0.1) is 0 Å². The smallest absolute Gasteiger partial charge is 0.373 e. The van der Waals surface area contributed by atoms with Crippen LogP contribution in [0, 0.1) is 0 Å². The Morgan fingerprint density at radius 1 is 1.50 bits per heavy atom. The standard InChI is InChI=1S/C4H10O3Si/c1-2-3-4-5-8-6-7-8/h8H,2-4H2,1H3. The van der Waals surface area contributed by atoms with Gasteiger partial charge in [0.1, 0.15) is 0 Å². The lowest BCUT2D eigenvalue weighted by Crippen LogP contribution is -2.00. The first-order chi connectivity index (χ1) is 3.93. The van der Waals surface area contributed by atoms with Crippen molar-refractivity contribution >= 4 is 9.53 Å². The summed E-state index contributed by atoms with van der Waals surface area (Å²) in [6, 6.07) is 0. The lowest BCUT2D eigenvalue weighted by Gasteiger charge is -1.91. The Bertz CT molecular complexity index is 64.3. The average Bonchev–Trinajstić information content (AvgIpc) is 2.51. The van der Waals surface area contributed by atoms with Crippen LogP contribution >= 0.6 is 0 Å². The van der Waals surface area contributed by atoms with Gasteiger partial charge in [-0.3, -0.25) is 0 Å². The van der Waals surface area contributed by atoms with Crippen LogP contribution < -0.4 is 0 Å². The molecule has 1 heterocycles. The Labute approximate surface area is 50.4 Å². The van der Waals surface area contributed by atoms with E-state index in [9.17, 15) is 0 Å². The summed E-state index contributed by atoms with van der Waals surface area (Å²) in [5.41, 5.74) is 0. The second kappa shape index (κ2) is 3.19. The van der Waals surface area contributed by atoms with Crippen LogP contribution in [0.25, 0.3) is 0 Å². The molecule has 4 heteroatoms. The quantitative estimate of drug-likeness (QED) is 0.243. The molecule has 0 amide bonds. The van der Waals surface area contributed by atoms with E-state index in [1.165, 1.54) is 6.42 Å². The summed E-state index contributed by atoms with van der Waals surface area (Å²) in [6.45, 7) is 2.92. The zero-order valence-electron chi connectivity index (χ0n) is 4.92. The molecule has 0 unspecified atom stereocenters. The van der Waals surface area contributed by atoms with E-state index in [4.69, 9.17) is 4.43 Å². The van der Waals surface area contributed by atoms with Crippen molar-refractivity contribution < 1.29 is 13.6 Å². The molecule has 0 aromatic carbocycles. The third-order valence-electron chi connectivity index (χ3n) is 0.927. The molecule has 0 aliphatic carbocycles. The minimum Gasteiger partial charge on any atom is -0.373 e. The van der Waals surface area contributed by atoms with Crippen LogP contribution in [0.2, 0.25) is 0 Å². The van der Waals surface area contributed by atoms with Crippen molar-refractivity contribution in [3.05, 3.63) is 0 Å². The molecule has 1 aliphatic heterocycles. The van der Waals surface area contributed by atoms with Gasteiger partial charge < -0.3 is 4.43 Å². The van der Waals surface area contributed by atoms with Crippen molar-refractivity contribution in [2.24, 2.45) is 0 Å². The van der Waals surface area contributed by atoms with Gasteiger partial charge in [0.2, 0.25) is 0 Å². The molecule has 0 atom stereocenters. The van der Waals surface area contributed by atoms with E-state index in [0.717, 1.165) is 13.0 Å². The second-order valence-corrected chi connectivity index (χ2v) is 3.00. The third-order valence-corrected chi connectivity index (χ3v) is 1.78. The molecular formula is C4H10O3Si. The number of hydrogen-bond donors (Lipinski definition) is 0. The summed E-state index contributed by atoms with van der Waals surface area (Å²) in [5, 5.41) is 0. The molecule has 0 aromatic rings. The van der Waals surface area contributed by atoms with Gasteiger partial charge in [0.25, 0.3) is 0 Å². The maximum atomic E-state index is 5.09. The van der Waals surface area contributed by atoms with E-state index < -0.39 is 9.53 Å². The average molecular weight is 134 g/mol. The van der Waals surface area contributed by atoms with E-state index in [1.54, 1.807) is 0 Å². The predicted molar refractivity (Wildman–Crippen MR) is 30.2 cm³/mol. The van der Waals surface area contributed by atoms with Crippen LogP contribution in [0.4, 0.5) is 0 Å². The maximum absolute atomic E-state index is 5.09. The molecule has 0 aromatic heterocycles. The van der Waals surface area contributed by atoms with Gasteiger partial charge in [0.15, 0.2) is 0 Å². The first kappa shape index (κ1) is 6.22. The molecule has 48 valence electrons. The van der Waals surface area contributed by atoms with Gasteiger partial charge in [-0.2, -0.15) is 0 Å². The van der Waals surface area contributed by atoms with Gasteiger partial charge in [0.05, 0.1) is 0 Å². The first-order valence-electron chi connectivity index (χ1n) is 2.87. The highest BCUT2D eigenvalue weighted by Gasteiger charge is 2.31. The lowest BCUT2D eigenvalue weighted by atomic mass is 10.4. The molecule has 1 rings (SSSR count). The molecule has 0 N–H and O–H groups in total. The molecule has 0 spiro atoms. The summed E-state index contributed by atoms with van der Waals surface area (Å²) >= 11 is 0. The Morgan fingerprint density at radius 2 is 2.25 bits per heavy atom. The van der Waals surface area contributed by atoms with E-state index in [-0.39, 0.29) is 0 Å². The van der Waals surface area contributed by atoms with Crippen LogP contribution in [0.1, 0.15) is 19.8 Å². The van der Waals surface area contributed by atoms with Crippen molar-refractivity contribution in [3.63, 3.8) is 0 Å². The third kappa shape index (κ3) is 2.42. The molecule has 0 radical (unpaired) electrons. The Balaban J connectivity index is 1.74. The van der Waals surface area contributed by atoms with Gasteiger partial charge in [-0.1, -0.05) is 13.3 Å². The van der Waals surface area contributed by atoms with Crippen LogP contribution in [0.15, 0.2) is 0 Å². The number of hydrogen-bond acceptors (Lipinski definition) is 3. The van der Waals surface area contributed by atoms with Crippen molar-refractivity contribution in [2.45, 2.75) is 19.8 Å². The van der Waals surface area contributed by atoms with E-state index in [2.05, 4.69) is 16.1 Å². The largest absolute Gasteiger partial charge is 0.539 e.